The third-order valence-electron chi connectivity index (χ3n) is 3.28. The third kappa shape index (κ3) is 2.37. The van der Waals surface area contributed by atoms with Crippen LogP contribution in [0, 0.1) is 0 Å². The van der Waals surface area contributed by atoms with Crippen LogP contribution in [0.1, 0.15) is 42.7 Å². The molecule has 0 saturated heterocycles. The van der Waals surface area contributed by atoms with Crippen LogP contribution >= 0.6 is 0 Å². The van der Waals surface area contributed by atoms with E-state index in [1.54, 1.807) is 6.92 Å². The fourth-order valence-corrected chi connectivity index (χ4v) is 2.13. The number of aryl methyl sites for hydroxylation is 1. The van der Waals surface area contributed by atoms with Crippen LogP contribution in [0.25, 0.3) is 11.1 Å². The van der Waals surface area contributed by atoms with Crippen molar-refractivity contribution >= 4 is 5.78 Å². The zero-order valence-corrected chi connectivity index (χ0v) is 11.4. The lowest BCUT2D eigenvalue weighted by molar-refractivity contribution is 0.101. The summed E-state index contributed by atoms with van der Waals surface area (Å²) in [5.41, 5.74) is 4.33. The van der Waals surface area contributed by atoms with E-state index in [-0.39, 0.29) is 5.78 Å². The number of ketones is 1. The van der Waals surface area contributed by atoms with Gasteiger partial charge < -0.3 is 4.57 Å². The molecule has 18 heavy (non-hydrogen) atoms. The summed E-state index contributed by atoms with van der Waals surface area (Å²) in [6.07, 6.45) is 2.00. The average molecular weight is 241 g/mol. The second-order valence-corrected chi connectivity index (χ2v) is 5.06. The van der Waals surface area contributed by atoms with Crippen LogP contribution in [-0.2, 0) is 7.05 Å². The predicted octanol–water partition coefficient (Wildman–Crippen LogP) is 4.02. The first kappa shape index (κ1) is 12.6. The molecule has 0 N–H and O–H groups in total. The minimum Gasteiger partial charge on any atom is -0.348 e. The molecule has 2 rings (SSSR count). The van der Waals surface area contributed by atoms with Gasteiger partial charge in [-0.25, -0.2) is 0 Å². The van der Waals surface area contributed by atoms with Crippen molar-refractivity contribution in [1.29, 1.82) is 0 Å². The number of carbonyl (C=O) groups excluding carboxylic acids is 1. The highest BCUT2D eigenvalue weighted by Crippen LogP contribution is 2.24. The molecule has 0 radical (unpaired) electrons. The maximum absolute atomic E-state index is 11.4. The molecule has 0 aliphatic carbocycles. The number of Topliss-reactive ketones (excluding diaryl/α,β-unsaturated/α-hetero) is 1. The molecule has 0 aliphatic heterocycles. The van der Waals surface area contributed by atoms with Gasteiger partial charge in [0.25, 0.3) is 0 Å². The van der Waals surface area contributed by atoms with Gasteiger partial charge in [-0.15, -0.1) is 0 Å². The standard InChI is InChI=1S/C16H19NO/c1-11(2)13-5-7-14(8-6-13)15-9-16(12(3)18)17(4)10-15/h5-11H,1-4H3. The van der Waals surface area contributed by atoms with Crippen molar-refractivity contribution in [2.24, 2.45) is 7.05 Å². The number of aromatic nitrogens is 1. The Morgan fingerprint density at radius 3 is 2.17 bits per heavy atom. The molecule has 0 atom stereocenters. The maximum Gasteiger partial charge on any atom is 0.176 e. The normalized spacial score (nSPS) is 10.9. The molecule has 0 unspecified atom stereocenters. The van der Waals surface area contributed by atoms with Crippen molar-refractivity contribution < 1.29 is 4.79 Å². The molecule has 0 bridgehead atoms. The molecular formula is C16H19NO. The van der Waals surface area contributed by atoms with Gasteiger partial charge in [0.1, 0.15) is 0 Å². The highest BCUT2D eigenvalue weighted by Gasteiger charge is 2.09. The predicted molar refractivity (Wildman–Crippen MR) is 74.9 cm³/mol. The fourth-order valence-electron chi connectivity index (χ4n) is 2.13. The molecule has 0 aliphatic rings. The molecule has 2 nitrogen and oxygen atoms in total. The van der Waals surface area contributed by atoms with Gasteiger partial charge in [-0.1, -0.05) is 38.1 Å². The maximum atomic E-state index is 11.4. The second kappa shape index (κ2) is 4.81. The number of nitrogens with zero attached hydrogens (tertiary/aromatic N) is 1. The van der Waals surface area contributed by atoms with Gasteiger partial charge in [-0.3, -0.25) is 4.79 Å². The first-order valence-corrected chi connectivity index (χ1v) is 6.26. The Morgan fingerprint density at radius 1 is 1.11 bits per heavy atom. The van der Waals surface area contributed by atoms with Crippen molar-refractivity contribution in [2.45, 2.75) is 26.7 Å². The van der Waals surface area contributed by atoms with Crippen LogP contribution in [0.15, 0.2) is 36.5 Å². The molecular weight excluding hydrogens is 222 g/mol. The van der Waals surface area contributed by atoms with Crippen molar-refractivity contribution in [1.82, 2.24) is 4.57 Å². The Morgan fingerprint density at radius 2 is 1.72 bits per heavy atom. The first-order valence-electron chi connectivity index (χ1n) is 6.26. The SMILES string of the molecule is CC(=O)c1cc(-c2ccc(C(C)C)cc2)cn1C. The summed E-state index contributed by atoms with van der Waals surface area (Å²) in [4.78, 5) is 11.4. The van der Waals surface area contributed by atoms with E-state index >= 15 is 0 Å². The van der Waals surface area contributed by atoms with Gasteiger partial charge in [-0.2, -0.15) is 0 Å². The lowest BCUT2D eigenvalue weighted by Gasteiger charge is -2.05. The van der Waals surface area contributed by atoms with Crippen LogP contribution in [0.5, 0.6) is 0 Å². The van der Waals surface area contributed by atoms with Gasteiger partial charge in [0.05, 0.1) is 5.69 Å². The molecule has 94 valence electrons. The van der Waals surface area contributed by atoms with Gasteiger partial charge in [-0.05, 0) is 23.1 Å². The number of hydrogen-bond donors (Lipinski definition) is 0. The zero-order chi connectivity index (χ0) is 13.3. The summed E-state index contributed by atoms with van der Waals surface area (Å²) in [6, 6.07) is 10.5. The van der Waals surface area contributed by atoms with Crippen LogP contribution in [0.3, 0.4) is 0 Å². The average Bonchev–Trinajstić information content (AvgIpc) is 2.71. The summed E-state index contributed by atoms with van der Waals surface area (Å²) in [7, 11) is 1.91. The van der Waals surface area contributed by atoms with Crippen LogP contribution < -0.4 is 0 Å². The minimum atomic E-state index is 0.0996. The number of hydrogen-bond acceptors (Lipinski definition) is 1. The Bertz CT molecular complexity index is 561. The van der Waals surface area contributed by atoms with E-state index in [2.05, 4.69) is 38.1 Å². The largest absolute Gasteiger partial charge is 0.348 e. The van der Waals surface area contributed by atoms with Gasteiger partial charge in [0.15, 0.2) is 5.78 Å². The van der Waals surface area contributed by atoms with E-state index in [1.807, 2.05) is 23.9 Å². The van der Waals surface area contributed by atoms with Crippen molar-refractivity contribution in [2.75, 3.05) is 0 Å². The molecule has 2 aromatic rings. The highest BCUT2D eigenvalue weighted by molar-refractivity contribution is 5.94. The van der Waals surface area contributed by atoms with Gasteiger partial charge >= 0.3 is 0 Å². The molecule has 1 heterocycles. The smallest absolute Gasteiger partial charge is 0.176 e. The summed E-state index contributed by atoms with van der Waals surface area (Å²) in [6.45, 7) is 5.97. The van der Waals surface area contributed by atoms with E-state index < -0.39 is 0 Å². The number of benzene rings is 1. The van der Waals surface area contributed by atoms with E-state index in [4.69, 9.17) is 0 Å². The van der Waals surface area contributed by atoms with Crippen molar-refractivity contribution in [3.63, 3.8) is 0 Å². The van der Waals surface area contributed by atoms with Crippen molar-refractivity contribution in [3.8, 4) is 11.1 Å². The minimum absolute atomic E-state index is 0.0996. The van der Waals surface area contributed by atoms with Crippen LogP contribution in [-0.4, -0.2) is 10.4 Å². The molecule has 1 aromatic carbocycles. The summed E-state index contributed by atoms with van der Waals surface area (Å²) >= 11 is 0. The van der Waals surface area contributed by atoms with Crippen LogP contribution in [0.2, 0.25) is 0 Å². The third-order valence-corrected chi connectivity index (χ3v) is 3.28. The Labute approximate surface area is 108 Å². The lowest BCUT2D eigenvalue weighted by Crippen LogP contribution is -1.99. The first-order chi connectivity index (χ1) is 8.49. The molecule has 1 aromatic heterocycles. The Hall–Kier alpha value is -1.83. The second-order valence-electron chi connectivity index (χ2n) is 5.06. The van der Waals surface area contributed by atoms with E-state index in [1.165, 1.54) is 5.56 Å². The fraction of sp³-hybridized carbons (Fsp3) is 0.312. The number of carbonyl (C=O) groups is 1. The van der Waals surface area contributed by atoms with Crippen molar-refractivity contribution in [3.05, 3.63) is 47.8 Å². The Kier molecular flexibility index (Phi) is 3.37. The van der Waals surface area contributed by atoms with Crippen LogP contribution in [0.4, 0.5) is 0 Å². The molecule has 0 spiro atoms. The molecule has 2 heteroatoms. The van der Waals surface area contributed by atoms with E-state index in [0.717, 1.165) is 16.8 Å². The lowest BCUT2D eigenvalue weighted by atomic mass is 10.00. The molecule has 0 amide bonds. The summed E-state index contributed by atoms with van der Waals surface area (Å²) in [5, 5.41) is 0. The quantitative estimate of drug-likeness (QED) is 0.744. The summed E-state index contributed by atoms with van der Waals surface area (Å²) < 4.78 is 1.88. The number of rotatable bonds is 3. The topological polar surface area (TPSA) is 22.0 Å². The van der Waals surface area contributed by atoms with Gasteiger partial charge in [0.2, 0.25) is 0 Å². The zero-order valence-electron chi connectivity index (χ0n) is 11.4. The van der Waals surface area contributed by atoms with E-state index in [9.17, 15) is 4.79 Å². The molecule has 0 fully saturated rings. The Balaban J connectivity index is 2.37. The summed E-state index contributed by atoms with van der Waals surface area (Å²) in [5.74, 6) is 0.644. The highest BCUT2D eigenvalue weighted by atomic mass is 16.1. The molecule has 0 saturated carbocycles. The van der Waals surface area contributed by atoms with Gasteiger partial charge in [0, 0.05) is 25.7 Å². The monoisotopic (exact) mass is 241 g/mol. The van der Waals surface area contributed by atoms with E-state index in [0.29, 0.717) is 5.92 Å².